The number of pyridine rings is 1. The van der Waals surface area contributed by atoms with Crippen molar-refractivity contribution >= 4 is 23.1 Å². The molecule has 2 heterocycles. The minimum atomic E-state index is -4.52. The van der Waals surface area contributed by atoms with Gasteiger partial charge in [-0.25, -0.2) is 13.8 Å². The lowest BCUT2D eigenvalue weighted by Gasteiger charge is -2.30. The van der Waals surface area contributed by atoms with E-state index >= 15 is 0 Å². The first-order valence-corrected chi connectivity index (χ1v) is 11.3. The molecule has 1 aliphatic rings. The van der Waals surface area contributed by atoms with Gasteiger partial charge in [0.2, 0.25) is 0 Å². The van der Waals surface area contributed by atoms with Crippen molar-refractivity contribution in [1.82, 2.24) is 14.7 Å². The van der Waals surface area contributed by atoms with Gasteiger partial charge in [-0.1, -0.05) is 12.1 Å². The highest BCUT2D eigenvalue weighted by Crippen LogP contribution is 2.30. The second-order valence-electron chi connectivity index (χ2n) is 8.75. The normalized spacial score (nSPS) is 18.6. The van der Waals surface area contributed by atoms with Crippen molar-refractivity contribution in [3.8, 4) is 0 Å². The van der Waals surface area contributed by atoms with Crippen LogP contribution in [0.4, 0.5) is 33.5 Å². The van der Waals surface area contributed by atoms with Gasteiger partial charge in [-0.15, -0.1) is 0 Å². The highest BCUT2D eigenvalue weighted by molar-refractivity contribution is 5.95. The number of carbonyl (C=O) groups excluding carboxylic acids is 1. The molecule has 0 bridgehead atoms. The molecule has 35 heavy (non-hydrogen) atoms. The molecule has 4 rings (SSSR count). The fourth-order valence-electron chi connectivity index (χ4n) is 4.32. The van der Waals surface area contributed by atoms with E-state index in [1.54, 1.807) is 43.4 Å². The number of anilines is 2. The van der Waals surface area contributed by atoms with E-state index in [1.807, 2.05) is 0 Å². The summed E-state index contributed by atoms with van der Waals surface area (Å²) in [5.41, 5.74) is 0.205. The SMILES string of the molecule is CN(CC(F)F)c1cccc(C(=O)N[C@H]2CC[C@@H](Nc3cccc4nc(C(F)(F)F)cn34)CC2)c1. The lowest BCUT2D eigenvalue weighted by Crippen LogP contribution is -2.40. The Morgan fingerprint density at radius 3 is 2.49 bits per heavy atom. The molecule has 11 heteroatoms. The summed E-state index contributed by atoms with van der Waals surface area (Å²) < 4.78 is 65.8. The summed E-state index contributed by atoms with van der Waals surface area (Å²) >= 11 is 0. The van der Waals surface area contributed by atoms with Gasteiger partial charge >= 0.3 is 6.18 Å². The summed E-state index contributed by atoms with van der Waals surface area (Å²) in [5, 5.41) is 6.31. The van der Waals surface area contributed by atoms with Gasteiger partial charge in [0, 0.05) is 36.6 Å². The molecule has 1 amide bonds. The standard InChI is InChI=1S/C24H26F5N5O/c1-33(14-20(25)26)18-5-2-4-15(12-18)23(35)31-17-10-8-16(9-11-17)30-21-6-3-7-22-32-19(13-34(21)22)24(27,28)29/h2-7,12-13,16-17,20,30H,8-11,14H2,1H3,(H,31,35)/t16-,17+. The molecule has 2 N–H and O–H groups in total. The molecule has 6 nitrogen and oxygen atoms in total. The molecule has 0 saturated heterocycles. The molecular weight excluding hydrogens is 469 g/mol. The Bertz CT molecular complexity index is 1170. The van der Waals surface area contributed by atoms with E-state index in [-0.39, 0.29) is 23.6 Å². The van der Waals surface area contributed by atoms with Gasteiger partial charge < -0.3 is 15.5 Å². The van der Waals surface area contributed by atoms with E-state index in [0.717, 1.165) is 19.0 Å². The number of hydrogen-bond donors (Lipinski definition) is 2. The zero-order chi connectivity index (χ0) is 25.2. The molecule has 1 aliphatic carbocycles. The van der Waals surface area contributed by atoms with Crippen LogP contribution in [-0.2, 0) is 6.18 Å². The third-order valence-corrected chi connectivity index (χ3v) is 6.16. The predicted molar refractivity (Wildman–Crippen MR) is 123 cm³/mol. The molecule has 0 aliphatic heterocycles. The first kappa shape index (κ1) is 24.7. The maximum Gasteiger partial charge on any atom is 0.434 e. The number of fused-ring (bicyclic) bond motifs is 1. The quantitative estimate of drug-likeness (QED) is 0.442. The van der Waals surface area contributed by atoms with Crippen LogP contribution in [0.1, 0.15) is 41.7 Å². The zero-order valence-electron chi connectivity index (χ0n) is 19.0. The van der Waals surface area contributed by atoms with Gasteiger partial charge in [0.05, 0.1) is 6.54 Å². The number of halogens is 5. The first-order chi connectivity index (χ1) is 16.6. The highest BCUT2D eigenvalue weighted by atomic mass is 19.4. The summed E-state index contributed by atoms with van der Waals surface area (Å²) in [6, 6.07) is 11.4. The average molecular weight is 495 g/mol. The van der Waals surface area contributed by atoms with Crippen LogP contribution in [0.5, 0.6) is 0 Å². The number of alkyl halides is 5. The second-order valence-corrected chi connectivity index (χ2v) is 8.75. The Morgan fingerprint density at radius 1 is 1.11 bits per heavy atom. The summed E-state index contributed by atoms with van der Waals surface area (Å²) in [6.45, 7) is -0.424. The molecule has 2 aromatic heterocycles. The molecule has 0 radical (unpaired) electrons. The Balaban J connectivity index is 1.34. The van der Waals surface area contributed by atoms with E-state index in [0.29, 0.717) is 29.9 Å². The molecular formula is C24H26F5N5O. The molecule has 0 unspecified atom stereocenters. The minimum absolute atomic E-state index is 0.0387. The Morgan fingerprint density at radius 2 is 1.80 bits per heavy atom. The van der Waals surface area contributed by atoms with Crippen molar-refractivity contribution in [2.45, 2.75) is 50.4 Å². The van der Waals surface area contributed by atoms with Gasteiger partial charge in [0.15, 0.2) is 5.69 Å². The maximum absolute atomic E-state index is 13.0. The number of benzene rings is 1. The number of rotatable bonds is 7. The van der Waals surface area contributed by atoms with Crippen LogP contribution in [-0.4, -0.2) is 47.4 Å². The number of nitrogens with one attached hydrogen (secondary N) is 2. The lowest BCUT2D eigenvalue weighted by atomic mass is 9.91. The van der Waals surface area contributed by atoms with Crippen LogP contribution >= 0.6 is 0 Å². The van der Waals surface area contributed by atoms with Gasteiger partial charge in [-0.2, -0.15) is 13.2 Å². The fourth-order valence-corrected chi connectivity index (χ4v) is 4.32. The number of nitrogens with zero attached hydrogens (tertiary/aromatic N) is 3. The highest BCUT2D eigenvalue weighted by Gasteiger charge is 2.34. The molecule has 1 aromatic carbocycles. The predicted octanol–water partition coefficient (Wildman–Crippen LogP) is 5.21. The Labute approximate surface area is 199 Å². The van der Waals surface area contributed by atoms with Crippen LogP contribution in [0.3, 0.4) is 0 Å². The number of aromatic nitrogens is 2. The van der Waals surface area contributed by atoms with E-state index in [2.05, 4.69) is 15.6 Å². The van der Waals surface area contributed by atoms with Crippen molar-refractivity contribution in [2.24, 2.45) is 0 Å². The lowest BCUT2D eigenvalue weighted by molar-refractivity contribution is -0.140. The van der Waals surface area contributed by atoms with Crippen molar-refractivity contribution < 1.29 is 26.7 Å². The topological polar surface area (TPSA) is 61.7 Å². The van der Waals surface area contributed by atoms with Crippen LogP contribution in [0.15, 0.2) is 48.7 Å². The maximum atomic E-state index is 13.0. The zero-order valence-corrected chi connectivity index (χ0v) is 19.0. The average Bonchev–Trinajstić information content (AvgIpc) is 3.26. The van der Waals surface area contributed by atoms with Crippen LogP contribution in [0, 0.1) is 0 Å². The van der Waals surface area contributed by atoms with Gasteiger partial charge in [0.25, 0.3) is 12.3 Å². The molecule has 1 fully saturated rings. The molecule has 0 atom stereocenters. The Hall–Kier alpha value is -3.37. The Kier molecular flexibility index (Phi) is 7.13. The summed E-state index contributed by atoms with van der Waals surface area (Å²) in [6.07, 6.45) is -3.18. The summed E-state index contributed by atoms with van der Waals surface area (Å²) in [4.78, 5) is 17.8. The molecule has 1 saturated carbocycles. The third kappa shape index (κ3) is 6.01. The van der Waals surface area contributed by atoms with Crippen LogP contribution < -0.4 is 15.5 Å². The largest absolute Gasteiger partial charge is 0.434 e. The van der Waals surface area contributed by atoms with Crippen molar-refractivity contribution in [3.05, 3.63) is 59.9 Å². The number of amides is 1. The van der Waals surface area contributed by atoms with E-state index in [1.165, 1.54) is 15.4 Å². The third-order valence-electron chi connectivity index (χ3n) is 6.16. The number of imidazole rings is 1. The van der Waals surface area contributed by atoms with Crippen LogP contribution in [0.2, 0.25) is 0 Å². The van der Waals surface area contributed by atoms with Crippen molar-refractivity contribution in [2.75, 3.05) is 23.8 Å². The fraction of sp³-hybridized carbons (Fsp3) is 0.417. The van der Waals surface area contributed by atoms with E-state index in [9.17, 15) is 26.7 Å². The molecule has 3 aromatic rings. The van der Waals surface area contributed by atoms with Crippen molar-refractivity contribution in [1.29, 1.82) is 0 Å². The van der Waals surface area contributed by atoms with Crippen LogP contribution in [0.25, 0.3) is 5.65 Å². The second kappa shape index (κ2) is 10.1. The van der Waals surface area contributed by atoms with E-state index in [4.69, 9.17) is 0 Å². The first-order valence-electron chi connectivity index (χ1n) is 11.3. The van der Waals surface area contributed by atoms with Gasteiger partial charge in [-0.3, -0.25) is 9.20 Å². The molecule has 188 valence electrons. The van der Waals surface area contributed by atoms with Gasteiger partial charge in [-0.05, 0) is 56.0 Å². The molecule has 0 spiro atoms. The number of carbonyl (C=O) groups is 1. The minimum Gasteiger partial charge on any atom is -0.369 e. The summed E-state index contributed by atoms with van der Waals surface area (Å²) in [5.74, 6) is 0.263. The van der Waals surface area contributed by atoms with E-state index < -0.39 is 24.8 Å². The monoisotopic (exact) mass is 495 g/mol. The number of hydrogen-bond acceptors (Lipinski definition) is 4. The van der Waals surface area contributed by atoms with Crippen molar-refractivity contribution in [3.63, 3.8) is 0 Å². The summed E-state index contributed by atoms with van der Waals surface area (Å²) in [7, 11) is 1.55. The van der Waals surface area contributed by atoms with Gasteiger partial charge in [0.1, 0.15) is 11.5 Å². The smallest absolute Gasteiger partial charge is 0.369 e.